The first-order chi connectivity index (χ1) is 9.90. The van der Waals surface area contributed by atoms with E-state index in [0.29, 0.717) is 5.69 Å². The van der Waals surface area contributed by atoms with Crippen LogP contribution in [0.25, 0.3) is 0 Å². The van der Waals surface area contributed by atoms with Gasteiger partial charge in [-0.05, 0) is 53.0 Å². The van der Waals surface area contributed by atoms with Crippen molar-refractivity contribution in [3.8, 4) is 0 Å². The summed E-state index contributed by atoms with van der Waals surface area (Å²) in [6.07, 6.45) is 0. The average molecular weight is 349 g/mol. The molecular formula is C15H13BrN2O3. The number of halogens is 1. The van der Waals surface area contributed by atoms with Gasteiger partial charge in [-0.25, -0.2) is 0 Å². The van der Waals surface area contributed by atoms with Gasteiger partial charge >= 0.3 is 0 Å². The molecule has 2 aromatic rings. The van der Waals surface area contributed by atoms with Crippen molar-refractivity contribution in [2.45, 2.75) is 13.8 Å². The van der Waals surface area contributed by atoms with Gasteiger partial charge in [0.2, 0.25) is 0 Å². The van der Waals surface area contributed by atoms with Gasteiger partial charge < -0.3 is 5.32 Å². The summed E-state index contributed by atoms with van der Waals surface area (Å²) in [5, 5.41) is 13.7. The first-order valence-corrected chi connectivity index (χ1v) is 7.01. The van der Waals surface area contributed by atoms with Crippen molar-refractivity contribution in [3.63, 3.8) is 0 Å². The van der Waals surface area contributed by atoms with E-state index < -0.39 is 4.92 Å². The maximum absolute atomic E-state index is 12.3. The third-order valence-corrected chi connectivity index (χ3v) is 3.89. The molecule has 0 saturated heterocycles. The zero-order chi connectivity index (χ0) is 15.6. The highest BCUT2D eigenvalue weighted by Crippen LogP contribution is 2.29. The molecule has 0 atom stereocenters. The van der Waals surface area contributed by atoms with Gasteiger partial charge in [0.15, 0.2) is 0 Å². The van der Waals surface area contributed by atoms with Crippen molar-refractivity contribution < 1.29 is 9.72 Å². The number of benzene rings is 2. The minimum absolute atomic E-state index is 0.136. The third kappa shape index (κ3) is 3.28. The lowest BCUT2D eigenvalue weighted by Crippen LogP contribution is -2.14. The molecule has 5 nitrogen and oxygen atoms in total. The second-order valence-corrected chi connectivity index (χ2v) is 5.46. The van der Waals surface area contributed by atoms with Gasteiger partial charge in [-0.1, -0.05) is 18.2 Å². The molecule has 0 unspecified atom stereocenters. The molecule has 0 fully saturated rings. The summed E-state index contributed by atoms with van der Waals surface area (Å²) < 4.78 is 0.179. The van der Waals surface area contributed by atoms with Crippen molar-refractivity contribution in [1.82, 2.24) is 0 Å². The standard InChI is InChI=1S/C15H13BrN2O3/c1-9-6-7-10(2)12(8-9)17-15(19)11-4-3-5-13(14(11)16)18(20)21/h3-8H,1-2H3,(H,17,19). The Morgan fingerprint density at radius 2 is 1.95 bits per heavy atom. The molecule has 2 rings (SSSR count). The van der Waals surface area contributed by atoms with Gasteiger partial charge in [-0.2, -0.15) is 0 Å². The molecule has 0 aliphatic heterocycles. The van der Waals surface area contributed by atoms with Crippen molar-refractivity contribution >= 4 is 33.2 Å². The molecule has 0 aliphatic rings. The lowest BCUT2D eigenvalue weighted by molar-refractivity contribution is -0.385. The molecule has 0 radical (unpaired) electrons. The van der Waals surface area contributed by atoms with Crippen molar-refractivity contribution in [3.05, 3.63) is 67.7 Å². The first kappa shape index (κ1) is 15.2. The van der Waals surface area contributed by atoms with Gasteiger partial charge in [0.1, 0.15) is 4.47 Å². The van der Waals surface area contributed by atoms with Crippen LogP contribution in [0, 0.1) is 24.0 Å². The highest BCUT2D eigenvalue weighted by Gasteiger charge is 2.19. The Bertz CT molecular complexity index is 729. The predicted octanol–water partition coefficient (Wildman–Crippen LogP) is 4.23. The summed E-state index contributed by atoms with van der Waals surface area (Å²) in [6, 6.07) is 10.1. The molecule has 0 aliphatic carbocycles. The number of nitro benzene ring substituents is 1. The van der Waals surface area contributed by atoms with Crippen molar-refractivity contribution in [2.75, 3.05) is 5.32 Å². The summed E-state index contributed by atoms with van der Waals surface area (Å²) in [5.74, 6) is -0.390. The number of amides is 1. The van der Waals surface area contributed by atoms with Crippen LogP contribution in [0.5, 0.6) is 0 Å². The van der Waals surface area contributed by atoms with Crippen LogP contribution in [0.3, 0.4) is 0 Å². The summed E-state index contributed by atoms with van der Waals surface area (Å²) >= 11 is 3.13. The molecule has 108 valence electrons. The molecule has 1 N–H and O–H groups in total. The number of nitrogens with zero attached hydrogens (tertiary/aromatic N) is 1. The Hall–Kier alpha value is -2.21. The number of carbonyl (C=O) groups excluding carboxylic acids is 1. The predicted molar refractivity (Wildman–Crippen MR) is 84.7 cm³/mol. The van der Waals surface area contributed by atoms with Gasteiger partial charge in [0.05, 0.1) is 10.5 Å². The normalized spacial score (nSPS) is 10.2. The van der Waals surface area contributed by atoms with E-state index in [1.54, 1.807) is 0 Å². The number of aryl methyl sites for hydroxylation is 2. The number of rotatable bonds is 3. The van der Waals surface area contributed by atoms with E-state index in [9.17, 15) is 14.9 Å². The SMILES string of the molecule is Cc1ccc(C)c(NC(=O)c2cccc([N+](=O)[O-])c2Br)c1. The molecule has 0 saturated carbocycles. The minimum Gasteiger partial charge on any atom is -0.322 e. The van der Waals surface area contributed by atoms with Gasteiger partial charge in [-0.3, -0.25) is 14.9 Å². The maximum Gasteiger partial charge on any atom is 0.284 e. The van der Waals surface area contributed by atoms with Crippen molar-refractivity contribution in [2.24, 2.45) is 0 Å². The molecule has 21 heavy (non-hydrogen) atoms. The van der Waals surface area contributed by atoms with Crippen LogP contribution in [-0.2, 0) is 0 Å². The molecule has 0 heterocycles. The Balaban J connectivity index is 2.35. The third-order valence-electron chi connectivity index (χ3n) is 3.06. The van der Waals surface area contributed by atoms with Crippen LogP contribution in [0.1, 0.15) is 21.5 Å². The monoisotopic (exact) mass is 348 g/mol. The Morgan fingerprint density at radius 1 is 1.24 bits per heavy atom. The van der Waals surface area contributed by atoms with E-state index in [0.717, 1.165) is 11.1 Å². The molecule has 1 amide bonds. The van der Waals surface area contributed by atoms with Gasteiger partial charge in [-0.15, -0.1) is 0 Å². The molecule has 2 aromatic carbocycles. The van der Waals surface area contributed by atoms with Gasteiger partial charge in [0, 0.05) is 11.8 Å². The fraction of sp³-hybridized carbons (Fsp3) is 0.133. The average Bonchev–Trinajstić information content (AvgIpc) is 2.42. The lowest BCUT2D eigenvalue weighted by atomic mass is 10.1. The number of hydrogen-bond acceptors (Lipinski definition) is 3. The second kappa shape index (κ2) is 6.05. The topological polar surface area (TPSA) is 72.2 Å². The molecule has 6 heteroatoms. The molecule has 0 aromatic heterocycles. The van der Waals surface area contributed by atoms with E-state index in [2.05, 4.69) is 21.2 Å². The van der Waals surface area contributed by atoms with Crippen LogP contribution in [-0.4, -0.2) is 10.8 Å². The number of nitro groups is 1. The number of hydrogen-bond donors (Lipinski definition) is 1. The van der Waals surface area contributed by atoms with E-state index in [1.165, 1.54) is 18.2 Å². The molecule has 0 bridgehead atoms. The van der Waals surface area contributed by atoms with Gasteiger partial charge in [0.25, 0.3) is 11.6 Å². The molecular weight excluding hydrogens is 336 g/mol. The second-order valence-electron chi connectivity index (χ2n) is 4.67. The van der Waals surface area contributed by atoms with E-state index in [1.807, 2.05) is 32.0 Å². The van der Waals surface area contributed by atoms with E-state index >= 15 is 0 Å². The number of anilines is 1. The maximum atomic E-state index is 12.3. The van der Waals surface area contributed by atoms with Crippen LogP contribution in [0.4, 0.5) is 11.4 Å². The van der Waals surface area contributed by atoms with Crippen molar-refractivity contribution in [1.29, 1.82) is 0 Å². The lowest BCUT2D eigenvalue weighted by Gasteiger charge is -2.10. The smallest absolute Gasteiger partial charge is 0.284 e. The number of carbonyl (C=O) groups is 1. The number of nitrogens with one attached hydrogen (secondary N) is 1. The van der Waals surface area contributed by atoms with Crippen LogP contribution in [0.15, 0.2) is 40.9 Å². The van der Waals surface area contributed by atoms with Crippen LogP contribution < -0.4 is 5.32 Å². The zero-order valence-electron chi connectivity index (χ0n) is 11.5. The quantitative estimate of drug-likeness (QED) is 0.666. The Labute approximate surface area is 130 Å². The van der Waals surface area contributed by atoms with E-state index in [-0.39, 0.29) is 21.6 Å². The summed E-state index contributed by atoms with van der Waals surface area (Å²) in [6.45, 7) is 3.82. The fourth-order valence-electron chi connectivity index (χ4n) is 1.90. The Morgan fingerprint density at radius 3 is 2.62 bits per heavy atom. The fourth-order valence-corrected chi connectivity index (χ4v) is 2.49. The molecule has 0 spiro atoms. The Kier molecular flexibility index (Phi) is 4.37. The minimum atomic E-state index is -0.529. The van der Waals surface area contributed by atoms with Crippen LogP contribution in [0.2, 0.25) is 0 Å². The van der Waals surface area contributed by atoms with Crippen LogP contribution >= 0.6 is 15.9 Å². The first-order valence-electron chi connectivity index (χ1n) is 6.21. The summed E-state index contributed by atoms with van der Waals surface area (Å²) in [7, 11) is 0. The largest absolute Gasteiger partial charge is 0.322 e. The summed E-state index contributed by atoms with van der Waals surface area (Å²) in [4.78, 5) is 22.7. The van der Waals surface area contributed by atoms with E-state index in [4.69, 9.17) is 0 Å². The summed E-state index contributed by atoms with van der Waals surface area (Å²) in [5.41, 5.74) is 2.73. The highest BCUT2D eigenvalue weighted by molar-refractivity contribution is 9.10. The zero-order valence-corrected chi connectivity index (χ0v) is 13.1. The highest BCUT2D eigenvalue weighted by atomic mass is 79.9.